The van der Waals surface area contributed by atoms with E-state index in [4.69, 9.17) is 18.8 Å². The molecule has 0 bridgehead atoms. The van der Waals surface area contributed by atoms with Crippen LogP contribution in [-0.4, -0.2) is 36.0 Å². The van der Waals surface area contributed by atoms with Crippen LogP contribution in [0.15, 0.2) is 41.3 Å². The maximum absolute atomic E-state index is 13.8. The lowest BCUT2D eigenvalue weighted by molar-refractivity contribution is -0.142. The third-order valence-corrected chi connectivity index (χ3v) is 5.74. The van der Waals surface area contributed by atoms with Gasteiger partial charge in [0.05, 0.1) is 30.0 Å². The van der Waals surface area contributed by atoms with E-state index in [9.17, 15) is 14.3 Å². The van der Waals surface area contributed by atoms with Crippen molar-refractivity contribution in [2.75, 3.05) is 6.61 Å². The first-order valence-electron chi connectivity index (χ1n) is 11.0. The number of allylic oxidation sites excluding steroid dienone is 4. The Kier molecular flexibility index (Phi) is 8.54. The fraction of sp³-hybridized carbons (Fsp3) is 0.542. The van der Waals surface area contributed by atoms with E-state index >= 15 is 0 Å². The number of ether oxygens (including phenoxy) is 2. The summed E-state index contributed by atoms with van der Waals surface area (Å²) in [4.78, 5) is 11.9. The van der Waals surface area contributed by atoms with Gasteiger partial charge >= 0.3 is 13.1 Å². The van der Waals surface area contributed by atoms with Crippen molar-refractivity contribution < 1.29 is 33.1 Å². The van der Waals surface area contributed by atoms with Crippen LogP contribution in [0.25, 0.3) is 0 Å². The van der Waals surface area contributed by atoms with Crippen LogP contribution in [0.5, 0.6) is 5.75 Å². The highest BCUT2D eigenvalue weighted by Crippen LogP contribution is 2.39. The summed E-state index contributed by atoms with van der Waals surface area (Å²) in [5.74, 6) is 0.0404. The molecule has 1 aliphatic rings. The minimum atomic E-state index is -0.766. The van der Waals surface area contributed by atoms with Crippen molar-refractivity contribution in [3.8, 4) is 5.75 Å². The second-order valence-corrected chi connectivity index (χ2v) is 8.64. The van der Waals surface area contributed by atoms with Gasteiger partial charge in [-0.05, 0) is 58.9 Å². The van der Waals surface area contributed by atoms with Crippen LogP contribution in [0.2, 0.25) is 0 Å². The maximum atomic E-state index is 13.8. The molecule has 6 nitrogen and oxygen atoms in total. The van der Waals surface area contributed by atoms with Crippen molar-refractivity contribution >= 4 is 13.1 Å². The quantitative estimate of drug-likeness (QED) is 0.234. The molecule has 1 aliphatic heterocycles. The van der Waals surface area contributed by atoms with Crippen LogP contribution >= 0.6 is 0 Å². The van der Waals surface area contributed by atoms with Crippen molar-refractivity contribution in [1.29, 1.82) is 0 Å². The second kappa shape index (κ2) is 10.5. The third kappa shape index (κ3) is 6.14. The molecule has 0 atom stereocenters. The molecule has 0 aromatic heterocycles. The van der Waals surface area contributed by atoms with E-state index in [1.165, 1.54) is 18.2 Å². The number of aliphatic hydroxyl groups excluding tert-OH is 1. The summed E-state index contributed by atoms with van der Waals surface area (Å²) in [7, 11) is -0.766. The molecular weight excluding hydrogens is 414 g/mol. The summed E-state index contributed by atoms with van der Waals surface area (Å²) in [6, 6.07) is 4.01. The second-order valence-electron chi connectivity index (χ2n) is 8.64. The lowest BCUT2D eigenvalue weighted by Gasteiger charge is -2.32. The molecule has 0 radical (unpaired) electrons. The monoisotopic (exact) mass is 448 g/mol. The Morgan fingerprint density at radius 1 is 1.12 bits per heavy atom. The van der Waals surface area contributed by atoms with E-state index in [0.29, 0.717) is 35.4 Å². The van der Waals surface area contributed by atoms with Crippen LogP contribution in [-0.2, 0) is 25.3 Å². The first-order chi connectivity index (χ1) is 14.9. The van der Waals surface area contributed by atoms with E-state index in [-0.39, 0.29) is 18.8 Å². The predicted molar refractivity (Wildman–Crippen MR) is 122 cm³/mol. The topological polar surface area (TPSA) is 74.2 Å². The third-order valence-electron chi connectivity index (χ3n) is 5.74. The molecule has 8 heteroatoms. The first kappa shape index (κ1) is 25.9. The van der Waals surface area contributed by atoms with Crippen LogP contribution < -0.4 is 4.74 Å². The fourth-order valence-electron chi connectivity index (χ4n) is 3.13. The normalized spacial score (nSPS) is 18.4. The summed E-state index contributed by atoms with van der Waals surface area (Å²) >= 11 is 0. The van der Waals surface area contributed by atoms with Gasteiger partial charge in [-0.2, -0.15) is 0 Å². The van der Waals surface area contributed by atoms with Crippen molar-refractivity contribution in [1.82, 2.24) is 0 Å². The summed E-state index contributed by atoms with van der Waals surface area (Å²) in [5.41, 5.74) is -0.287. The van der Waals surface area contributed by atoms with Crippen molar-refractivity contribution in [2.24, 2.45) is 0 Å². The molecule has 0 amide bonds. The number of carbonyl (C=O) groups excluding carboxylic acids is 1. The van der Waals surface area contributed by atoms with E-state index < -0.39 is 30.1 Å². The Labute approximate surface area is 190 Å². The number of hydrogen-bond donors (Lipinski definition) is 1. The molecule has 1 N–H and O–H groups in total. The number of esters is 1. The molecule has 0 unspecified atom stereocenters. The molecule has 2 rings (SSSR count). The summed E-state index contributed by atoms with van der Waals surface area (Å²) in [6.45, 7) is 13.4. The minimum absolute atomic E-state index is 0.113. The SMILES string of the molecule is CCOC(=O)Cc1cc(F)ccc1O/C(=C/C(B1OC(C)(C)C(C)(C)O1)=C(/O)CC)CC. The van der Waals surface area contributed by atoms with Crippen LogP contribution in [0.1, 0.15) is 66.9 Å². The van der Waals surface area contributed by atoms with E-state index in [1.54, 1.807) is 13.0 Å². The zero-order valence-corrected chi connectivity index (χ0v) is 20.1. The molecule has 1 fully saturated rings. The molecule has 176 valence electrons. The Balaban J connectivity index is 2.38. The van der Waals surface area contributed by atoms with E-state index in [2.05, 4.69) is 0 Å². The highest BCUT2D eigenvalue weighted by Gasteiger charge is 2.52. The standard InChI is InChI=1S/C24H34BFO6/c1-8-18(30-21-12-11-17(26)13-16(21)14-22(28)29-10-3)15-19(20(27)9-2)25-31-23(4,5)24(6,7)32-25/h11-13,15,27H,8-10,14H2,1-7H3/b18-15+,20-19-. The van der Waals surface area contributed by atoms with Gasteiger partial charge < -0.3 is 23.9 Å². The average molecular weight is 448 g/mol. The number of hydrogen-bond acceptors (Lipinski definition) is 6. The summed E-state index contributed by atoms with van der Waals surface area (Å²) in [5, 5.41) is 10.6. The molecule has 0 aliphatic carbocycles. The molecule has 1 heterocycles. The van der Waals surface area contributed by atoms with Crippen LogP contribution in [0.4, 0.5) is 4.39 Å². The van der Waals surface area contributed by atoms with Gasteiger partial charge in [-0.3, -0.25) is 4.79 Å². The minimum Gasteiger partial charge on any atom is -0.513 e. The van der Waals surface area contributed by atoms with Crippen molar-refractivity contribution in [3.63, 3.8) is 0 Å². The van der Waals surface area contributed by atoms with Gasteiger partial charge in [-0.1, -0.05) is 13.8 Å². The maximum Gasteiger partial charge on any atom is 0.498 e. The number of carbonyl (C=O) groups is 1. The Bertz CT molecular complexity index is 874. The average Bonchev–Trinajstić information content (AvgIpc) is 2.93. The van der Waals surface area contributed by atoms with Gasteiger partial charge in [0, 0.05) is 23.9 Å². The highest BCUT2D eigenvalue weighted by molar-refractivity contribution is 6.55. The zero-order valence-electron chi connectivity index (χ0n) is 20.1. The summed E-state index contributed by atoms with van der Waals surface area (Å²) < 4.78 is 37.1. The smallest absolute Gasteiger partial charge is 0.498 e. The van der Waals surface area contributed by atoms with Crippen LogP contribution in [0.3, 0.4) is 0 Å². The van der Waals surface area contributed by atoms with Gasteiger partial charge in [0.1, 0.15) is 17.3 Å². The zero-order chi connectivity index (χ0) is 24.1. The van der Waals surface area contributed by atoms with Gasteiger partial charge in [0.2, 0.25) is 0 Å². The van der Waals surface area contributed by atoms with Gasteiger partial charge in [-0.15, -0.1) is 0 Å². The number of rotatable bonds is 9. The molecule has 32 heavy (non-hydrogen) atoms. The summed E-state index contributed by atoms with van der Waals surface area (Å²) in [6.07, 6.45) is 2.45. The molecular formula is C24H34BFO6. The van der Waals surface area contributed by atoms with Gasteiger partial charge in [-0.25, -0.2) is 4.39 Å². The predicted octanol–water partition coefficient (Wildman–Crippen LogP) is 5.46. The number of aliphatic hydroxyl groups is 1. The van der Waals surface area contributed by atoms with Crippen molar-refractivity contribution in [3.05, 3.63) is 52.6 Å². The van der Waals surface area contributed by atoms with Crippen molar-refractivity contribution in [2.45, 2.75) is 78.9 Å². The number of benzene rings is 1. The highest BCUT2D eigenvalue weighted by atomic mass is 19.1. The molecule has 1 aromatic carbocycles. The Hall–Kier alpha value is -2.32. The lowest BCUT2D eigenvalue weighted by Crippen LogP contribution is -2.41. The lowest BCUT2D eigenvalue weighted by atomic mass is 9.76. The molecule has 1 aromatic rings. The largest absolute Gasteiger partial charge is 0.513 e. The van der Waals surface area contributed by atoms with E-state index in [0.717, 1.165) is 0 Å². The molecule has 0 saturated carbocycles. The fourth-order valence-corrected chi connectivity index (χ4v) is 3.13. The number of halogens is 1. The van der Waals surface area contributed by atoms with E-state index in [1.807, 2.05) is 41.5 Å². The molecule has 1 saturated heterocycles. The Morgan fingerprint density at radius 2 is 1.75 bits per heavy atom. The molecule has 0 spiro atoms. The Morgan fingerprint density at radius 3 is 2.28 bits per heavy atom. The van der Waals surface area contributed by atoms with Gasteiger partial charge in [0.25, 0.3) is 0 Å². The van der Waals surface area contributed by atoms with Crippen LogP contribution in [0, 0.1) is 5.82 Å². The van der Waals surface area contributed by atoms with Gasteiger partial charge in [0.15, 0.2) is 0 Å². The first-order valence-corrected chi connectivity index (χ1v) is 11.0.